The van der Waals surface area contributed by atoms with Gasteiger partial charge in [0.1, 0.15) is 54.2 Å². The number of nitrogens with zero attached hydrogens (tertiary/aromatic N) is 7. The number of aliphatic hydroxyl groups is 4. The highest BCUT2D eigenvalue weighted by atomic mass is 19.4. The minimum atomic E-state index is -4.46. The average molecular weight is 700 g/mol. The van der Waals surface area contributed by atoms with E-state index in [0.29, 0.717) is 45.1 Å². The van der Waals surface area contributed by atoms with Crippen molar-refractivity contribution < 1.29 is 47.8 Å². The first-order valence-corrected chi connectivity index (χ1v) is 15.4. The van der Waals surface area contributed by atoms with Gasteiger partial charge in [0.05, 0.1) is 18.3 Å². The topological polar surface area (TPSA) is 240 Å². The van der Waals surface area contributed by atoms with Gasteiger partial charge in [-0.15, -0.1) is 5.10 Å². The van der Waals surface area contributed by atoms with Gasteiger partial charge in [0.25, 0.3) is 5.56 Å². The Morgan fingerprint density at radius 2 is 1.76 bits per heavy atom. The number of aromatic amines is 1. The van der Waals surface area contributed by atoms with Gasteiger partial charge in [-0.1, -0.05) is 5.21 Å². The Morgan fingerprint density at radius 3 is 2.39 bits per heavy atom. The fraction of sp³-hybridized carbons (Fsp3) is 0.607. The number of nitrogens with two attached hydrogens (primary N) is 1. The molecular weight excluding hydrogens is 663 g/mol. The number of hydrogen-bond acceptors (Lipinski definition) is 15. The molecule has 0 bridgehead atoms. The third-order valence-corrected chi connectivity index (χ3v) is 8.80. The fourth-order valence-electron chi connectivity index (χ4n) is 6.01. The standard InChI is InChI=1S/C28H36F3N9O9/c29-28(30,31)14-1-2-17(33-12-14)38-8-5-37(6-9-38)7-10-39-13-15(35-36-39)23(49-26-22(45)19(42)16(11-32)47-26)24-20(43)21(44)25(48-24)40-4-3-18(41)34-27(40)46/h1-4,12-13,16,19-26,42-45H,5-11,32H2,(H,34,41,46)/t16-,19-,20+,21-,22-,23+,24+,25-,26+/m1/s1. The molecule has 3 fully saturated rings. The van der Waals surface area contributed by atoms with Crippen molar-refractivity contribution in [2.24, 2.45) is 5.73 Å². The molecule has 0 aromatic carbocycles. The molecule has 3 aliphatic heterocycles. The maximum Gasteiger partial charge on any atom is 0.417 e. The molecule has 6 heterocycles. The number of aromatic nitrogens is 6. The molecule has 7 N–H and O–H groups in total. The minimum Gasteiger partial charge on any atom is -0.387 e. The number of rotatable bonds is 10. The molecule has 21 heteroatoms. The first-order valence-electron chi connectivity index (χ1n) is 15.4. The van der Waals surface area contributed by atoms with Crippen molar-refractivity contribution in [3.05, 3.63) is 68.9 Å². The molecule has 268 valence electrons. The maximum absolute atomic E-state index is 12.9. The third kappa shape index (κ3) is 7.39. The summed E-state index contributed by atoms with van der Waals surface area (Å²) in [6.07, 6.45) is -13.9. The summed E-state index contributed by atoms with van der Waals surface area (Å²) < 4.78 is 58.6. The normalized spacial score (nSPS) is 30.2. The zero-order valence-electron chi connectivity index (χ0n) is 25.8. The van der Waals surface area contributed by atoms with E-state index in [9.17, 15) is 43.2 Å². The van der Waals surface area contributed by atoms with Crippen LogP contribution in [0.4, 0.5) is 19.0 Å². The van der Waals surface area contributed by atoms with Gasteiger partial charge < -0.3 is 45.3 Å². The summed E-state index contributed by atoms with van der Waals surface area (Å²) in [5, 5.41) is 51.1. The highest BCUT2D eigenvalue weighted by Crippen LogP contribution is 2.39. The van der Waals surface area contributed by atoms with E-state index in [2.05, 4.69) is 25.2 Å². The molecule has 0 aliphatic carbocycles. The Hall–Kier alpha value is -3.80. The number of nitrogens with one attached hydrogen (secondary N) is 1. The lowest BCUT2D eigenvalue weighted by molar-refractivity contribution is -0.224. The lowest BCUT2D eigenvalue weighted by atomic mass is 10.0. The van der Waals surface area contributed by atoms with E-state index in [0.717, 1.165) is 29.1 Å². The summed E-state index contributed by atoms with van der Waals surface area (Å²) in [5.41, 5.74) is 3.35. The molecule has 3 aromatic rings. The van der Waals surface area contributed by atoms with Crippen LogP contribution < -0.4 is 21.9 Å². The monoisotopic (exact) mass is 699 g/mol. The van der Waals surface area contributed by atoms with Crippen LogP contribution in [0.3, 0.4) is 0 Å². The van der Waals surface area contributed by atoms with Crippen molar-refractivity contribution in [2.75, 3.05) is 44.2 Å². The van der Waals surface area contributed by atoms with Crippen molar-refractivity contribution >= 4 is 5.82 Å². The number of alkyl halides is 3. The second kappa shape index (κ2) is 14.2. The number of hydrogen-bond donors (Lipinski definition) is 6. The summed E-state index contributed by atoms with van der Waals surface area (Å²) in [6.45, 7) is 3.01. The van der Waals surface area contributed by atoms with E-state index >= 15 is 0 Å². The number of piperazine rings is 1. The van der Waals surface area contributed by atoms with Crippen molar-refractivity contribution in [1.29, 1.82) is 0 Å². The van der Waals surface area contributed by atoms with Crippen LogP contribution in [-0.4, -0.2) is 137 Å². The number of anilines is 1. The molecule has 0 saturated carbocycles. The summed E-state index contributed by atoms with van der Waals surface area (Å²) in [4.78, 5) is 34.0. The largest absolute Gasteiger partial charge is 0.417 e. The first-order chi connectivity index (χ1) is 23.3. The van der Waals surface area contributed by atoms with Crippen molar-refractivity contribution in [1.82, 2.24) is 34.4 Å². The van der Waals surface area contributed by atoms with Gasteiger partial charge >= 0.3 is 11.9 Å². The molecule has 9 atom stereocenters. The van der Waals surface area contributed by atoms with Crippen LogP contribution >= 0.6 is 0 Å². The van der Waals surface area contributed by atoms with E-state index in [1.807, 2.05) is 4.90 Å². The molecule has 3 aromatic heterocycles. The van der Waals surface area contributed by atoms with Crippen LogP contribution in [0.25, 0.3) is 0 Å². The Labute approximate surface area is 275 Å². The van der Waals surface area contributed by atoms with E-state index in [4.69, 9.17) is 19.9 Å². The minimum absolute atomic E-state index is 0.102. The third-order valence-electron chi connectivity index (χ3n) is 8.80. The molecule has 49 heavy (non-hydrogen) atoms. The molecule has 3 saturated heterocycles. The first kappa shape index (κ1) is 35.0. The van der Waals surface area contributed by atoms with Gasteiger partial charge in [-0.2, -0.15) is 13.2 Å². The quantitative estimate of drug-likeness (QED) is 0.125. The van der Waals surface area contributed by atoms with Crippen LogP contribution in [-0.2, 0) is 26.9 Å². The van der Waals surface area contributed by atoms with Crippen LogP contribution in [0, 0.1) is 0 Å². The van der Waals surface area contributed by atoms with Gasteiger partial charge in [-0.25, -0.2) is 9.78 Å². The van der Waals surface area contributed by atoms with Gasteiger partial charge in [-0.3, -0.25) is 23.9 Å². The fourth-order valence-corrected chi connectivity index (χ4v) is 6.01. The molecular formula is C28H36F3N9O9. The van der Waals surface area contributed by atoms with Crippen molar-refractivity contribution in [3.63, 3.8) is 0 Å². The second-order valence-electron chi connectivity index (χ2n) is 11.9. The maximum atomic E-state index is 12.9. The van der Waals surface area contributed by atoms with Crippen LogP contribution in [0.5, 0.6) is 0 Å². The zero-order valence-corrected chi connectivity index (χ0v) is 25.8. The van der Waals surface area contributed by atoms with E-state index in [-0.39, 0.29) is 12.2 Å². The van der Waals surface area contributed by atoms with Crippen molar-refractivity contribution in [3.8, 4) is 0 Å². The molecule has 0 spiro atoms. The summed E-state index contributed by atoms with van der Waals surface area (Å²) in [7, 11) is 0. The molecule has 0 unspecified atom stereocenters. The lowest BCUT2D eigenvalue weighted by Crippen LogP contribution is -2.47. The summed E-state index contributed by atoms with van der Waals surface area (Å²) >= 11 is 0. The second-order valence-corrected chi connectivity index (χ2v) is 11.9. The Kier molecular flexibility index (Phi) is 10.2. The number of halogens is 3. The SMILES string of the molecule is NC[C@H]1O[C@@H](O[C@@H](c2cn(CCN3CCN(c4ccc(C(F)(F)F)cn4)CC3)nn2)[C@H]2O[C@@H](n3ccc(=O)[nH]c3=O)[C@H](O)[C@@H]2O)[C@H](O)[C@@H]1O. The predicted octanol–water partition coefficient (Wildman–Crippen LogP) is -2.85. The molecule has 6 rings (SSSR count). The zero-order chi connectivity index (χ0) is 35.0. The van der Waals surface area contributed by atoms with Crippen LogP contribution in [0.15, 0.2) is 46.4 Å². The van der Waals surface area contributed by atoms with Crippen molar-refractivity contribution in [2.45, 2.75) is 68.0 Å². The van der Waals surface area contributed by atoms with Crippen LogP contribution in [0.1, 0.15) is 23.6 Å². The van der Waals surface area contributed by atoms with E-state index in [1.54, 1.807) is 0 Å². The Balaban J connectivity index is 1.13. The number of aliphatic hydroxyl groups excluding tert-OH is 4. The highest BCUT2D eigenvalue weighted by molar-refractivity contribution is 5.40. The summed E-state index contributed by atoms with van der Waals surface area (Å²) in [6, 6.07) is 3.40. The number of H-pyrrole nitrogens is 1. The smallest absolute Gasteiger partial charge is 0.387 e. The number of pyridine rings is 1. The van der Waals surface area contributed by atoms with Gasteiger partial charge in [0, 0.05) is 57.7 Å². The van der Waals surface area contributed by atoms with Gasteiger partial charge in [-0.05, 0) is 12.1 Å². The van der Waals surface area contributed by atoms with Gasteiger partial charge in [0.2, 0.25) is 0 Å². The Bertz CT molecular complexity index is 1680. The van der Waals surface area contributed by atoms with Gasteiger partial charge in [0.15, 0.2) is 12.5 Å². The molecule has 0 amide bonds. The Morgan fingerprint density at radius 1 is 1.00 bits per heavy atom. The van der Waals surface area contributed by atoms with E-state index in [1.165, 1.54) is 16.9 Å². The highest BCUT2D eigenvalue weighted by Gasteiger charge is 2.52. The van der Waals surface area contributed by atoms with Crippen LogP contribution in [0.2, 0.25) is 0 Å². The molecule has 3 aliphatic rings. The lowest BCUT2D eigenvalue weighted by Gasteiger charge is -2.35. The average Bonchev–Trinajstić information content (AvgIpc) is 3.75. The number of ether oxygens (including phenoxy) is 3. The predicted molar refractivity (Wildman–Crippen MR) is 159 cm³/mol. The molecule has 0 radical (unpaired) electrons. The molecule has 18 nitrogen and oxygen atoms in total. The van der Waals surface area contributed by atoms with E-state index < -0.39 is 78.2 Å². The summed E-state index contributed by atoms with van der Waals surface area (Å²) in [5.74, 6) is 0.454.